The molecule has 1 amide bonds. The first kappa shape index (κ1) is 14.3. The molecule has 1 N–H and O–H groups in total. The molecule has 1 aliphatic heterocycles. The quantitative estimate of drug-likeness (QED) is 0.780. The molecular weight excluding hydrogens is 336 g/mol. The molecule has 0 bridgehead atoms. The summed E-state index contributed by atoms with van der Waals surface area (Å²) in [5, 5.41) is 7.37. The Morgan fingerprint density at radius 2 is 2.17 bits per heavy atom. The summed E-state index contributed by atoms with van der Waals surface area (Å²) in [4.78, 5) is 17.4. The van der Waals surface area contributed by atoms with Crippen LogP contribution in [0, 0.1) is 0 Å². The Hall–Kier alpha value is -2.26. The minimum absolute atomic E-state index is 0.220. The van der Waals surface area contributed by atoms with Crippen molar-refractivity contribution in [3.63, 3.8) is 0 Å². The maximum atomic E-state index is 12.4. The normalized spacial score (nSPS) is 12.7. The monoisotopic (exact) mass is 348 g/mol. The lowest BCUT2D eigenvalue weighted by Crippen LogP contribution is -2.12. The molecular formula is C14H12N4O3S2. The van der Waals surface area contributed by atoms with Crippen molar-refractivity contribution in [2.45, 2.75) is 19.8 Å². The van der Waals surface area contributed by atoms with Crippen molar-refractivity contribution in [3.05, 3.63) is 22.7 Å². The molecule has 0 saturated carbocycles. The number of rotatable bonds is 4. The number of aryl methyl sites for hydroxylation is 1. The fraction of sp³-hybridized carbons (Fsp3) is 0.286. The fourth-order valence-corrected chi connectivity index (χ4v) is 3.78. The van der Waals surface area contributed by atoms with E-state index < -0.39 is 0 Å². The average Bonchev–Trinajstić information content (AvgIpc) is 3.22. The summed E-state index contributed by atoms with van der Waals surface area (Å²) in [7, 11) is 0. The van der Waals surface area contributed by atoms with Crippen LogP contribution in [0.4, 0.5) is 5.13 Å². The van der Waals surface area contributed by atoms with Gasteiger partial charge in [-0.3, -0.25) is 10.1 Å². The zero-order chi connectivity index (χ0) is 15.8. The van der Waals surface area contributed by atoms with E-state index in [-0.39, 0.29) is 12.7 Å². The van der Waals surface area contributed by atoms with Crippen LogP contribution in [-0.2, 0) is 6.42 Å². The van der Waals surface area contributed by atoms with Crippen molar-refractivity contribution in [2.75, 3.05) is 12.1 Å². The first-order valence-electron chi connectivity index (χ1n) is 7.07. The van der Waals surface area contributed by atoms with E-state index in [0.29, 0.717) is 21.5 Å². The molecule has 0 unspecified atom stereocenters. The summed E-state index contributed by atoms with van der Waals surface area (Å²) in [6.45, 7) is 2.27. The maximum absolute atomic E-state index is 12.4. The van der Waals surface area contributed by atoms with Crippen LogP contribution in [0.3, 0.4) is 0 Å². The standard InChI is InChI=1S/C14H12N4O3S2/c1-2-3-7-12(23-18-17-7)13(19)16-14-15-8-4-9-10(21-6-20-9)5-11(8)22-14/h4-5H,2-3,6H2,1H3,(H,15,16,19). The number of amides is 1. The van der Waals surface area contributed by atoms with Gasteiger partial charge < -0.3 is 9.47 Å². The van der Waals surface area contributed by atoms with Gasteiger partial charge in [-0.05, 0) is 18.0 Å². The van der Waals surface area contributed by atoms with Crippen molar-refractivity contribution in [1.29, 1.82) is 0 Å². The highest BCUT2D eigenvalue weighted by atomic mass is 32.1. The first-order chi connectivity index (χ1) is 11.2. The second kappa shape index (κ2) is 5.74. The molecule has 0 fully saturated rings. The molecule has 7 nitrogen and oxygen atoms in total. The van der Waals surface area contributed by atoms with Crippen LogP contribution in [0.15, 0.2) is 12.1 Å². The Kier molecular flexibility index (Phi) is 3.58. The predicted octanol–water partition coefficient (Wildman–Crippen LogP) is 3.08. The van der Waals surface area contributed by atoms with Gasteiger partial charge in [0.1, 0.15) is 4.88 Å². The molecule has 9 heteroatoms. The molecule has 0 saturated heterocycles. The molecule has 0 atom stereocenters. The number of benzene rings is 1. The van der Waals surface area contributed by atoms with Gasteiger partial charge in [-0.25, -0.2) is 4.98 Å². The molecule has 2 aromatic heterocycles. The first-order valence-corrected chi connectivity index (χ1v) is 8.66. The predicted molar refractivity (Wildman–Crippen MR) is 87.6 cm³/mol. The van der Waals surface area contributed by atoms with Crippen LogP contribution in [0.5, 0.6) is 11.5 Å². The third kappa shape index (κ3) is 2.62. The van der Waals surface area contributed by atoms with Gasteiger partial charge in [0.25, 0.3) is 5.91 Å². The number of carbonyl (C=O) groups is 1. The lowest BCUT2D eigenvalue weighted by molar-refractivity contribution is 0.102. The molecule has 3 aromatic rings. The number of fused-ring (bicyclic) bond motifs is 2. The largest absolute Gasteiger partial charge is 0.454 e. The Labute approximate surface area is 139 Å². The highest BCUT2D eigenvalue weighted by Gasteiger charge is 2.19. The number of nitrogens with zero attached hydrogens (tertiary/aromatic N) is 3. The van der Waals surface area contributed by atoms with Crippen LogP contribution in [-0.4, -0.2) is 27.3 Å². The number of nitrogens with one attached hydrogen (secondary N) is 1. The number of ether oxygens (including phenoxy) is 2. The van der Waals surface area contributed by atoms with Gasteiger partial charge >= 0.3 is 0 Å². The molecule has 0 aliphatic carbocycles. The molecule has 4 rings (SSSR count). The van der Waals surface area contributed by atoms with Crippen molar-refractivity contribution in [1.82, 2.24) is 14.6 Å². The number of hydrogen-bond acceptors (Lipinski definition) is 8. The van der Waals surface area contributed by atoms with E-state index in [0.717, 1.165) is 40.3 Å². The van der Waals surface area contributed by atoms with E-state index >= 15 is 0 Å². The minimum atomic E-state index is -0.220. The zero-order valence-corrected chi connectivity index (χ0v) is 13.8. The molecule has 1 aromatic carbocycles. The molecule has 1 aliphatic rings. The fourth-order valence-electron chi connectivity index (χ4n) is 2.31. The van der Waals surface area contributed by atoms with Crippen molar-refractivity contribution in [3.8, 4) is 11.5 Å². The summed E-state index contributed by atoms with van der Waals surface area (Å²) in [5.41, 5.74) is 1.50. The topological polar surface area (TPSA) is 86.2 Å². The summed E-state index contributed by atoms with van der Waals surface area (Å²) >= 11 is 2.50. The number of carbonyl (C=O) groups excluding carboxylic acids is 1. The van der Waals surface area contributed by atoms with Gasteiger partial charge in [-0.1, -0.05) is 29.2 Å². The Bertz CT molecular complexity index is 848. The lowest BCUT2D eigenvalue weighted by Gasteiger charge is -1.99. The van der Waals surface area contributed by atoms with Crippen molar-refractivity contribution < 1.29 is 14.3 Å². The van der Waals surface area contributed by atoms with E-state index in [4.69, 9.17) is 9.47 Å². The van der Waals surface area contributed by atoms with Crippen molar-refractivity contribution in [2.24, 2.45) is 0 Å². The molecule has 118 valence electrons. The number of anilines is 1. The average molecular weight is 348 g/mol. The van der Waals surface area contributed by atoms with Crippen LogP contribution in [0.1, 0.15) is 28.7 Å². The van der Waals surface area contributed by atoms with Crippen LogP contribution >= 0.6 is 22.9 Å². The van der Waals surface area contributed by atoms with E-state index in [9.17, 15) is 4.79 Å². The van der Waals surface area contributed by atoms with E-state index in [2.05, 4.69) is 19.9 Å². The highest BCUT2D eigenvalue weighted by Crippen LogP contribution is 2.39. The second-order valence-corrected chi connectivity index (χ2v) is 6.73. The van der Waals surface area contributed by atoms with Gasteiger partial charge in [0.05, 0.1) is 15.9 Å². The van der Waals surface area contributed by atoms with E-state index in [1.54, 1.807) is 0 Å². The second-order valence-electron chi connectivity index (χ2n) is 4.95. The molecule has 0 spiro atoms. The van der Waals surface area contributed by atoms with Crippen molar-refractivity contribution >= 4 is 44.1 Å². The molecule has 23 heavy (non-hydrogen) atoms. The smallest absolute Gasteiger partial charge is 0.271 e. The Balaban J connectivity index is 1.60. The number of aromatic nitrogens is 3. The molecule has 0 radical (unpaired) electrons. The summed E-state index contributed by atoms with van der Waals surface area (Å²) in [5.74, 6) is 1.16. The van der Waals surface area contributed by atoms with E-state index in [1.165, 1.54) is 11.3 Å². The summed E-state index contributed by atoms with van der Waals surface area (Å²) in [6.07, 6.45) is 1.65. The highest BCUT2D eigenvalue weighted by molar-refractivity contribution is 7.22. The minimum Gasteiger partial charge on any atom is -0.454 e. The van der Waals surface area contributed by atoms with Crippen LogP contribution in [0.2, 0.25) is 0 Å². The van der Waals surface area contributed by atoms with Gasteiger partial charge in [0.2, 0.25) is 6.79 Å². The number of thiazole rings is 1. The third-order valence-corrected chi connectivity index (χ3v) is 5.05. The van der Waals surface area contributed by atoms with Crippen LogP contribution < -0.4 is 14.8 Å². The van der Waals surface area contributed by atoms with Gasteiger partial charge in [-0.15, -0.1) is 5.10 Å². The lowest BCUT2D eigenvalue weighted by atomic mass is 10.2. The summed E-state index contributed by atoms with van der Waals surface area (Å²) in [6, 6.07) is 3.70. The SMILES string of the molecule is CCCc1nnsc1C(=O)Nc1nc2cc3c(cc2s1)OCO3. The zero-order valence-electron chi connectivity index (χ0n) is 12.2. The van der Waals surface area contributed by atoms with Gasteiger partial charge in [0.15, 0.2) is 16.6 Å². The summed E-state index contributed by atoms with van der Waals surface area (Å²) < 4.78 is 15.5. The Morgan fingerprint density at radius 3 is 3.00 bits per heavy atom. The van der Waals surface area contributed by atoms with E-state index in [1.807, 2.05) is 19.1 Å². The maximum Gasteiger partial charge on any atom is 0.271 e. The molecule has 3 heterocycles. The Morgan fingerprint density at radius 1 is 1.35 bits per heavy atom. The van der Waals surface area contributed by atoms with Gasteiger partial charge in [-0.2, -0.15) is 0 Å². The number of hydrogen-bond donors (Lipinski definition) is 1. The van der Waals surface area contributed by atoms with Crippen LogP contribution in [0.25, 0.3) is 10.2 Å². The third-order valence-electron chi connectivity index (χ3n) is 3.35. The van der Waals surface area contributed by atoms with Gasteiger partial charge in [0, 0.05) is 12.1 Å².